The van der Waals surface area contributed by atoms with E-state index in [1.165, 1.54) is 12.0 Å². The van der Waals surface area contributed by atoms with E-state index < -0.39 is 0 Å². The molecular formula is C24H21NO5. The highest BCUT2D eigenvalue weighted by molar-refractivity contribution is 6.23. The summed E-state index contributed by atoms with van der Waals surface area (Å²) in [5, 5.41) is 0. The van der Waals surface area contributed by atoms with E-state index in [1.54, 1.807) is 48.5 Å². The van der Waals surface area contributed by atoms with Crippen LogP contribution in [0, 0.1) is 23.7 Å². The molecule has 1 saturated heterocycles. The number of fused-ring (bicyclic) bond motifs is 5. The molecule has 2 fully saturated rings. The van der Waals surface area contributed by atoms with Gasteiger partial charge in [-0.15, -0.1) is 0 Å². The summed E-state index contributed by atoms with van der Waals surface area (Å²) in [7, 11) is 1.54. The predicted molar refractivity (Wildman–Crippen MR) is 109 cm³/mol. The van der Waals surface area contributed by atoms with Crippen molar-refractivity contribution in [2.45, 2.75) is 6.42 Å². The third kappa shape index (κ3) is 2.83. The maximum absolute atomic E-state index is 13.1. The number of hydrogen-bond acceptors (Lipinski definition) is 5. The number of carbonyl (C=O) groups excluding carboxylic acids is 3. The summed E-state index contributed by atoms with van der Waals surface area (Å²) in [4.78, 5) is 40.0. The normalized spacial score (nSPS) is 26.2. The van der Waals surface area contributed by atoms with Crippen LogP contribution in [0.4, 0.5) is 5.69 Å². The first-order chi connectivity index (χ1) is 14.6. The third-order valence-corrected chi connectivity index (χ3v) is 6.33. The molecular weight excluding hydrogens is 382 g/mol. The standard InChI is InChI=1S/C24H21NO5/c1-29-17-6-4-5-14(12-17)19(26)13-30-20-8-3-2-7-18(20)25-23(27)21-15-9-10-16(11-15)22(21)24(25)28/h2-10,12,15-16,21-22H,11,13H2,1H3/t15-,16+,21+,22-. The lowest BCUT2D eigenvalue weighted by Gasteiger charge is -2.20. The van der Waals surface area contributed by atoms with Gasteiger partial charge in [0, 0.05) is 5.56 Å². The number of rotatable bonds is 6. The molecule has 2 bridgehead atoms. The van der Waals surface area contributed by atoms with Gasteiger partial charge in [-0.3, -0.25) is 14.4 Å². The highest BCUT2D eigenvalue weighted by Crippen LogP contribution is 2.53. The van der Waals surface area contributed by atoms with E-state index in [4.69, 9.17) is 9.47 Å². The first-order valence-electron chi connectivity index (χ1n) is 10.0. The average Bonchev–Trinajstić information content (AvgIpc) is 3.46. The van der Waals surface area contributed by atoms with Crippen LogP contribution in [0.3, 0.4) is 0 Å². The van der Waals surface area contributed by atoms with Crippen molar-refractivity contribution in [3.63, 3.8) is 0 Å². The number of amides is 2. The van der Waals surface area contributed by atoms with E-state index in [9.17, 15) is 14.4 Å². The van der Waals surface area contributed by atoms with Gasteiger partial charge in [0.2, 0.25) is 11.8 Å². The van der Waals surface area contributed by atoms with Crippen LogP contribution in [0.2, 0.25) is 0 Å². The third-order valence-electron chi connectivity index (χ3n) is 6.33. The van der Waals surface area contributed by atoms with Crippen LogP contribution >= 0.6 is 0 Å². The zero-order valence-electron chi connectivity index (χ0n) is 16.5. The molecule has 6 nitrogen and oxygen atoms in total. The van der Waals surface area contributed by atoms with E-state index >= 15 is 0 Å². The minimum absolute atomic E-state index is 0.143. The Kier molecular flexibility index (Phi) is 4.42. The van der Waals surface area contributed by atoms with Gasteiger partial charge < -0.3 is 9.47 Å². The van der Waals surface area contributed by atoms with Gasteiger partial charge in [-0.2, -0.15) is 0 Å². The zero-order valence-corrected chi connectivity index (χ0v) is 16.5. The SMILES string of the molecule is COc1cccc(C(=O)COc2ccccc2N2C(=O)[C@@H]3[C@H](C2=O)[C@H]2C=C[C@@H]3C2)c1. The Morgan fingerprint density at radius 1 is 1.00 bits per heavy atom. The molecule has 6 heteroatoms. The van der Waals surface area contributed by atoms with Crippen molar-refractivity contribution in [1.82, 2.24) is 0 Å². The minimum atomic E-state index is -0.279. The van der Waals surface area contributed by atoms with E-state index in [0.29, 0.717) is 22.7 Å². The molecule has 0 aromatic heterocycles. The molecule has 30 heavy (non-hydrogen) atoms. The Morgan fingerprint density at radius 2 is 1.70 bits per heavy atom. The second kappa shape index (κ2) is 7.13. The largest absolute Gasteiger partial charge is 0.497 e. The fourth-order valence-corrected chi connectivity index (χ4v) is 4.93. The number of ether oxygens (including phenoxy) is 2. The molecule has 2 aromatic rings. The summed E-state index contributed by atoms with van der Waals surface area (Å²) < 4.78 is 10.9. The number of para-hydroxylation sites is 2. The van der Waals surface area contributed by atoms with Gasteiger partial charge >= 0.3 is 0 Å². The van der Waals surface area contributed by atoms with Gasteiger partial charge in [-0.25, -0.2) is 4.90 Å². The van der Waals surface area contributed by atoms with Crippen LogP contribution in [-0.2, 0) is 9.59 Å². The van der Waals surface area contributed by atoms with Gasteiger partial charge in [-0.1, -0.05) is 36.4 Å². The second-order valence-corrected chi connectivity index (χ2v) is 7.92. The summed E-state index contributed by atoms with van der Waals surface area (Å²) in [6.07, 6.45) is 5.01. The molecule has 1 saturated carbocycles. The molecule has 4 atom stereocenters. The lowest BCUT2D eigenvalue weighted by atomic mass is 9.85. The molecule has 5 rings (SSSR count). The van der Waals surface area contributed by atoms with Crippen molar-refractivity contribution in [1.29, 1.82) is 0 Å². The Morgan fingerprint density at radius 3 is 2.40 bits per heavy atom. The number of benzene rings is 2. The van der Waals surface area contributed by atoms with Gasteiger partial charge in [-0.05, 0) is 42.5 Å². The smallest absolute Gasteiger partial charge is 0.238 e. The maximum Gasteiger partial charge on any atom is 0.238 e. The molecule has 2 aromatic carbocycles. The number of methoxy groups -OCH3 is 1. The molecule has 152 valence electrons. The van der Waals surface area contributed by atoms with E-state index in [0.717, 1.165) is 6.42 Å². The number of Topliss-reactive ketones (excluding diaryl/α,β-unsaturated/α-hetero) is 1. The first kappa shape index (κ1) is 18.6. The van der Waals surface area contributed by atoms with Crippen molar-refractivity contribution in [3.8, 4) is 11.5 Å². The van der Waals surface area contributed by atoms with E-state index in [1.807, 2.05) is 0 Å². The molecule has 2 aliphatic carbocycles. The van der Waals surface area contributed by atoms with Gasteiger partial charge in [0.1, 0.15) is 11.5 Å². The molecule has 0 unspecified atom stereocenters. The number of ketones is 1. The quantitative estimate of drug-likeness (QED) is 0.421. The van der Waals surface area contributed by atoms with Crippen molar-refractivity contribution in [2.75, 3.05) is 18.6 Å². The fraction of sp³-hybridized carbons (Fsp3) is 0.292. The fourth-order valence-electron chi connectivity index (χ4n) is 4.93. The number of allylic oxidation sites excluding steroid dienone is 2. The summed E-state index contributed by atoms with van der Waals surface area (Å²) in [6, 6.07) is 13.7. The van der Waals surface area contributed by atoms with Crippen LogP contribution in [0.15, 0.2) is 60.7 Å². The van der Waals surface area contributed by atoms with E-state index in [2.05, 4.69) is 12.2 Å². The number of imide groups is 1. The molecule has 0 spiro atoms. The Labute approximate surface area is 174 Å². The van der Waals surface area contributed by atoms with Crippen molar-refractivity contribution < 1.29 is 23.9 Å². The van der Waals surface area contributed by atoms with Crippen LogP contribution in [0.5, 0.6) is 11.5 Å². The lowest BCUT2D eigenvalue weighted by molar-refractivity contribution is -0.123. The predicted octanol–water partition coefficient (Wildman–Crippen LogP) is 3.27. The van der Waals surface area contributed by atoms with Crippen LogP contribution in [0.1, 0.15) is 16.8 Å². The molecule has 0 radical (unpaired) electrons. The minimum Gasteiger partial charge on any atom is -0.497 e. The molecule has 2 amide bonds. The second-order valence-electron chi connectivity index (χ2n) is 7.92. The highest BCUT2D eigenvalue weighted by Gasteiger charge is 2.59. The summed E-state index contributed by atoms with van der Waals surface area (Å²) >= 11 is 0. The van der Waals surface area contributed by atoms with Crippen molar-refractivity contribution >= 4 is 23.3 Å². The van der Waals surface area contributed by atoms with Crippen molar-refractivity contribution in [3.05, 3.63) is 66.2 Å². The van der Waals surface area contributed by atoms with E-state index in [-0.39, 0.29) is 47.9 Å². The summed E-state index contributed by atoms with van der Waals surface area (Å²) in [6.45, 7) is -0.208. The monoisotopic (exact) mass is 403 g/mol. The van der Waals surface area contributed by atoms with Crippen LogP contribution in [-0.4, -0.2) is 31.3 Å². The van der Waals surface area contributed by atoms with Crippen molar-refractivity contribution in [2.24, 2.45) is 23.7 Å². The van der Waals surface area contributed by atoms with Gasteiger partial charge in [0.05, 0.1) is 24.6 Å². The first-order valence-corrected chi connectivity index (χ1v) is 10.0. The van der Waals surface area contributed by atoms with Crippen LogP contribution in [0.25, 0.3) is 0 Å². The molecule has 1 heterocycles. The van der Waals surface area contributed by atoms with Crippen LogP contribution < -0.4 is 14.4 Å². The molecule has 3 aliphatic rings. The lowest BCUT2D eigenvalue weighted by Crippen LogP contribution is -2.33. The molecule has 0 N–H and O–H groups in total. The number of nitrogens with zero attached hydrogens (tertiary/aromatic N) is 1. The molecule has 1 aliphatic heterocycles. The Hall–Kier alpha value is -3.41. The van der Waals surface area contributed by atoms with Gasteiger partial charge in [0.15, 0.2) is 12.4 Å². The average molecular weight is 403 g/mol. The maximum atomic E-state index is 13.1. The highest BCUT2D eigenvalue weighted by atomic mass is 16.5. The topological polar surface area (TPSA) is 72.9 Å². The summed E-state index contributed by atoms with van der Waals surface area (Å²) in [5.74, 6) is 0.0993. The number of anilines is 1. The Bertz CT molecular complexity index is 1040. The Balaban J connectivity index is 1.37. The number of hydrogen-bond donors (Lipinski definition) is 0. The van der Waals surface area contributed by atoms with Gasteiger partial charge in [0.25, 0.3) is 0 Å². The number of carbonyl (C=O) groups is 3. The zero-order chi connectivity index (χ0) is 20.8. The summed E-state index contributed by atoms with van der Waals surface area (Å²) in [5.41, 5.74) is 0.872.